The lowest BCUT2D eigenvalue weighted by atomic mass is 9.44. The third kappa shape index (κ3) is 5.05. The fourth-order valence-electron chi connectivity index (χ4n) is 1.47. The highest BCUT2D eigenvalue weighted by atomic mass is 15.0. The molecule has 0 aliphatic rings. The van der Waals surface area contributed by atoms with Crippen molar-refractivity contribution in [2.24, 2.45) is 7.05 Å². The number of aromatic nitrogens is 2. The standard InChI is InChI=1S/C6H15B.C6H10N2/c1-4-7(5-2)6-3;1-5-6(2)8(3)4-7-5/h4-6H2,1-3H3;4H,1-3H3. The van der Waals surface area contributed by atoms with Gasteiger partial charge in [-0.05, 0) is 13.8 Å². The maximum absolute atomic E-state index is 4.08. The van der Waals surface area contributed by atoms with E-state index >= 15 is 0 Å². The van der Waals surface area contributed by atoms with Gasteiger partial charge >= 0.3 is 0 Å². The Morgan fingerprint density at radius 1 is 1.13 bits per heavy atom. The smallest absolute Gasteiger partial charge is 0.139 e. The van der Waals surface area contributed by atoms with Crippen LogP contribution in [0, 0.1) is 13.8 Å². The molecule has 1 heterocycles. The van der Waals surface area contributed by atoms with Gasteiger partial charge in [0, 0.05) is 12.7 Å². The van der Waals surface area contributed by atoms with Crippen molar-refractivity contribution >= 4 is 6.71 Å². The van der Waals surface area contributed by atoms with E-state index in [0.717, 1.165) is 12.4 Å². The normalized spacial score (nSPS) is 9.47. The van der Waals surface area contributed by atoms with E-state index < -0.39 is 0 Å². The van der Waals surface area contributed by atoms with Gasteiger partial charge in [-0.15, -0.1) is 0 Å². The van der Waals surface area contributed by atoms with Crippen LogP contribution in [0.5, 0.6) is 0 Å². The highest BCUT2D eigenvalue weighted by Crippen LogP contribution is 2.01. The second-order valence-corrected chi connectivity index (χ2v) is 4.12. The topological polar surface area (TPSA) is 17.8 Å². The molecule has 1 aromatic heterocycles. The average molecular weight is 208 g/mol. The summed E-state index contributed by atoms with van der Waals surface area (Å²) in [6.45, 7) is 11.8. The summed E-state index contributed by atoms with van der Waals surface area (Å²) in [4.78, 5) is 4.08. The number of nitrogens with zero attached hydrogens (tertiary/aromatic N) is 2. The van der Waals surface area contributed by atoms with Gasteiger partial charge in [0.15, 0.2) is 0 Å². The summed E-state index contributed by atoms with van der Waals surface area (Å²) in [5, 5.41) is 0. The van der Waals surface area contributed by atoms with Crippen molar-refractivity contribution < 1.29 is 0 Å². The maximum Gasteiger partial charge on any atom is 0.139 e. The Labute approximate surface area is 95.2 Å². The first-order valence-corrected chi connectivity index (χ1v) is 6.01. The van der Waals surface area contributed by atoms with Crippen molar-refractivity contribution in [3.8, 4) is 0 Å². The zero-order valence-electron chi connectivity index (χ0n) is 11.2. The summed E-state index contributed by atoms with van der Waals surface area (Å²) >= 11 is 0. The fraction of sp³-hybridized carbons (Fsp3) is 0.750. The van der Waals surface area contributed by atoms with Gasteiger partial charge in [-0.2, -0.15) is 0 Å². The molecule has 0 aromatic carbocycles. The minimum atomic E-state index is 0.986. The Kier molecular flexibility index (Phi) is 7.19. The van der Waals surface area contributed by atoms with Crippen molar-refractivity contribution in [2.75, 3.05) is 0 Å². The van der Waals surface area contributed by atoms with Crippen LogP contribution in [0.15, 0.2) is 6.33 Å². The van der Waals surface area contributed by atoms with Crippen LogP contribution >= 0.6 is 0 Å². The van der Waals surface area contributed by atoms with Gasteiger partial charge < -0.3 is 4.57 Å². The molecule has 0 N–H and O–H groups in total. The van der Waals surface area contributed by atoms with Crippen LogP contribution in [-0.2, 0) is 7.05 Å². The molecule has 0 aliphatic heterocycles. The van der Waals surface area contributed by atoms with Gasteiger partial charge in [-0.25, -0.2) is 4.98 Å². The molecule has 0 fully saturated rings. The number of hydrogen-bond donors (Lipinski definition) is 0. The van der Waals surface area contributed by atoms with E-state index in [1.807, 2.05) is 24.9 Å². The van der Waals surface area contributed by atoms with E-state index in [1.165, 1.54) is 24.7 Å². The van der Waals surface area contributed by atoms with E-state index in [-0.39, 0.29) is 0 Å². The maximum atomic E-state index is 4.08. The average Bonchev–Trinajstić information content (AvgIpc) is 2.53. The van der Waals surface area contributed by atoms with Gasteiger partial charge in [-0.1, -0.05) is 39.7 Å². The van der Waals surface area contributed by atoms with E-state index in [2.05, 4.69) is 32.7 Å². The Bertz CT molecular complexity index is 240. The molecule has 0 amide bonds. The lowest BCUT2D eigenvalue weighted by Crippen LogP contribution is -2.04. The zero-order chi connectivity index (χ0) is 11.8. The lowest BCUT2D eigenvalue weighted by molar-refractivity contribution is 0.871. The van der Waals surface area contributed by atoms with Crippen LogP contribution in [0.2, 0.25) is 19.0 Å². The highest BCUT2D eigenvalue weighted by molar-refractivity contribution is 6.58. The Hall–Kier alpha value is -0.725. The quantitative estimate of drug-likeness (QED) is 0.694. The number of rotatable bonds is 3. The van der Waals surface area contributed by atoms with Crippen LogP contribution < -0.4 is 0 Å². The third-order valence-corrected chi connectivity index (χ3v) is 3.21. The first kappa shape index (κ1) is 14.3. The van der Waals surface area contributed by atoms with Gasteiger partial charge in [0.25, 0.3) is 0 Å². The first-order valence-electron chi connectivity index (χ1n) is 6.01. The summed E-state index contributed by atoms with van der Waals surface area (Å²) < 4.78 is 2.01. The minimum absolute atomic E-state index is 0.986. The Morgan fingerprint density at radius 3 is 1.67 bits per heavy atom. The molecule has 0 radical (unpaired) electrons. The van der Waals surface area contributed by atoms with Crippen molar-refractivity contribution in [3.63, 3.8) is 0 Å². The summed E-state index contributed by atoms with van der Waals surface area (Å²) in [7, 11) is 2.00. The van der Waals surface area contributed by atoms with E-state index in [0.29, 0.717) is 0 Å². The van der Waals surface area contributed by atoms with Crippen LogP contribution in [0.4, 0.5) is 0 Å². The molecule has 0 saturated heterocycles. The molecule has 1 aromatic rings. The van der Waals surface area contributed by atoms with Crippen molar-refractivity contribution in [3.05, 3.63) is 17.7 Å². The van der Waals surface area contributed by atoms with Gasteiger partial charge in [0.2, 0.25) is 0 Å². The van der Waals surface area contributed by atoms with Crippen LogP contribution in [-0.4, -0.2) is 16.3 Å². The second-order valence-electron chi connectivity index (χ2n) is 4.12. The first-order chi connectivity index (χ1) is 7.06. The zero-order valence-corrected chi connectivity index (χ0v) is 11.2. The molecular formula is C12H25BN2. The third-order valence-electron chi connectivity index (χ3n) is 3.21. The molecule has 0 spiro atoms. The summed E-state index contributed by atoms with van der Waals surface area (Å²) in [5.74, 6) is 0. The Morgan fingerprint density at radius 2 is 1.60 bits per heavy atom. The Balaban J connectivity index is 0.000000265. The fourth-order valence-corrected chi connectivity index (χ4v) is 1.47. The summed E-state index contributed by atoms with van der Waals surface area (Å²) in [6.07, 6.45) is 5.89. The predicted molar refractivity (Wildman–Crippen MR) is 69.9 cm³/mol. The molecular weight excluding hydrogens is 183 g/mol. The van der Waals surface area contributed by atoms with E-state index in [9.17, 15) is 0 Å². The van der Waals surface area contributed by atoms with Crippen molar-refractivity contribution in [1.82, 2.24) is 9.55 Å². The number of hydrogen-bond acceptors (Lipinski definition) is 1. The predicted octanol–water partition coefficient (Wildman–Crippen LogP) is 3.58. The molecule has 1 rings (SSSR count). The summed E-state index contributed by atoms with van der Waals surface area (Å²) in [6, 6.07) is 0. The molecule has 0 aliphatic carbocycles. The number of imidazole rings is 1. The van der Waals surface area contributed by atoms with E-state index in [4.69, 9.17) is 0 Å². The molecule has 15 heavy (non-hydrogen) atoms. The number of aryl methyl sites for hydroxylation is 2. The molecule has 86 valence electrons. The second kappa shape index (κ2) is 7.55. The van der Waals surface area contributed by atoms with Gasteiger partial charge in [0.05, 0.1) is 12.0 Å². The lowest BCUT2D eigenvalue weighted by Gasteiger charge is -2.00. The van der Waals surface area contributed by atoms with Crippen LogP contribution in [0.25, 0.3) is 0 Å². The molecule has 3 heteroatoms. The molecule has 0 bridgehead atoms. The van der Waals surface area contributed by atoms with Crippen LogP contribution in [0.1, 0.15) is 32.2 Å². The molecule has 0 saturated carbocycles. The molecule has 2 nitrogen and oxygen atoms in total. The monoisotopic (exact) mass is 208 g/mol. The largest absolute Gasteiger partial charge is 0.338 e. The highest BCUT2D eigenvalue weighted by Gasteiger charge is 2.01. The molecule has 0 atom stereocenters. The summed E-state index contributed by atoms with van der Waals surface area (Å²) in [5.41, 5.74) is 2.36. The molecule has 0 unspecified atom stereocenters. The van der Waals surface area contributed by atoms with Crippen molar-refractivity contribution in [1.29, 1.82) is 0 Å². The van der Waals surface area contributed by atoms with Gasteiger partial charge in [0.1, 0.15) is 6.71 Å². The minimum Gasteiger partial charge on any atom is -0.338 e. The SMILES string of the molecule is CCB(CC)CC.Cc1ncn(C)c1C. The van der Waals surface area contributed by atoms with Crippen molar-refractivity contribution in [2.45, 2.75) is 53.6 Å². The van der Waals surface area contributed by atoms with Gasteiger partial charge in [-0.3, -0.25) is 0 Å². The van der Waals surface area contributed by atoms with E-state index in [1.54, 1.807) is 0 Å². The van der Waals surface area contributed by atoms with Crippen LogP contribution in [0.3, 0.4) is 0 Å².